The fourth-order valence-corrected chi connectivity index (χ4v) is 5.54. The number of carbonyl (C=O) groups is 1. The quantitative estimate of drug-likeness (QED) is 0.470. The summed E-state index contributed by atoms with van der Waals surface area (Å²) in [7, 11) is 0. The van der Waals surface area contributed by atoms with Gasteiger partial charge in [0.1, 0.15) is 18.0 Å². The van der Waals surface area contributed by atoms with E-state index in [0.717, 1.165) is 53.0 Å². The van der Waals surface area contributed by atoms with Crippen LogP contribution in [0.2, 0.25) is 0 Å². The van der Waals surface area contributed by atoms with Gasteiger partial charge in [0, 0.05) is 18.0 Å². The Bertz CT molecular complexity index is 1250. The zero-order valence-electron chi connectivity index (χ0n) is 20.4. The minimum atomic E-state index is 0. The van der Waals surface area contributed by atoms with E-state index in [9.17, 15) is 4.79 Å². The van der Waals surface area contributed by atoms with Crippen LogP contribution in [0.5, 0.6) is 0 Å². The summed E-state index contributed by atoms with van der Waals surface area (Å²) in [5.74, 6) is 0.695. The average Bonchev–Trinajstić information content (AvgIpc) is 3.46. The summed E-state index contributed by atoms with van der Waals surface area (Å²) < 4.78 is 0. The molecular formula is C28H33IN4O. The van der Waals surface area contributed by atoms with Crippen LogP contribution in [0.1, 0.15) is 68.6 Å². The number of carbonyl (C=O) groups excluding carboxylic acids is 1. The lowest BCUT2D eigenvalue weighted by atomic mass is 9.86. The van der Waals surface area contributed by atoms with Crippen molar-refractivity contribution in [2.24, 2.45) is 5.92 Å². The maximum Gasteiger partial charge on any atom is 0.344 e. The first-order valence-electron chi connectivity index (χ1n) is 12.1. The van der Waals surface area contributed by atoms with Crippen LogP contribution >= 0.6 is 0 Å². The molecule has 2 aliphatic carbocycles. The molecule has 5 rings (SSSR count). The lowest BCUT2D eigenvalue weighted by Crippen LogP contribution is -3.17. The van der Waals surface area contributed by atoms with Crippen molar-refractivity contribution in [3.8, 4) is 0 Å². The summed E-state index contributed by atoms with van der Waals surface area (Å²) in [5, 5.41) is 1.07. The first-order chi connectivity index (χ1) is 15.9. The molecule has 3 aromatic rings. The second-order valence-corrected chi connectivity index (χ2v) is 10.4. The maximum atomic E-state index is 13.5. The molecule has 2 heterocycles. The number of benzene rings is 1. The predicted molar refractivity (Wildman–Crippen MR) is 132 cm³/mol. The smallest absolute Gasteiger partial charge is 0.344 e. The lowest BCUT2D eigenvalue weighted by Gasteiger charge is -2.27. The van der Waals surface area contributed by atoms with Crippen molar-refractivity contribution >= 4 is 22.5 Å². The van der Waals surface area contributed by atoms with Gasteiger partial charge in [-0.05, 0) is 66.0 Å². The van der Waals surface area contributed by atoms with Crippen molar-refractivity contribution in [3.05, 3.63) is 77.4 Å². The highest BCUT2D eigenvalue weighted by atomic mass is 127. The Balaban J connectivity index is 0.00000274. The molecule has 3 unspecified atom stereocenters. The number of nitrogens with one attached hydrogen (secondary N) is 2. The minimum Gasteiger partial charge on any atom is -1.00 e. The van der Waals surface area contributed by atoms with E-state index in [1.165, 1.54) is 16.7 Å². The number of amides is 1. The molecule has 178 valence electrons. The van der Waals surface area contributed by atoms with Gasteiger partial charge in [0.25, 0.3) is 0 Å². The first kappa shape index (κ1) is 24.8. The number of H-pyrrole nitrogens is 1. The number of hydrogen-bond acceptors (Lipinski definition) is 3. The average molecular weight is 569 g/mol. The molecule has 1 saturated carbocycles. The molecular weight excluding hydrogens is 535 g/mol. The number of quaternary nitrogens is 1. The molecule has 1 fully saturated rings. The van der Waals surface area contributed by atoms with Gasteiger partial charge in [-0.3, -0.25) is 4.90 Å². The van der Waals surface area contributed by atoms with Gasteiger partial charge in [0.15, 0.2) is 0 Å². The molecule has 0 radical (unpaired) electrons. The predicted octanol–water partition coefficient (Wildman–Crippen LogP) is 1.50. The van der Waals surface area contributed by atoms with Gasteiger partial charge in [-0.2, -0.15) is 0 Å². The highest BCUT2D eigenvalue weighted by Gasteiger charge is 2.41. The Hall–Kier alpha value is -2.32. The molecule has 1 aromatic carbocycles. The summed E-state index contributed by atoms with van der Waals surface area (Å²) >= 11 is 0. The van der Waals surface area contributed by atoms with Crippen molar-refractivity contribution in [1.82, 2.24) is 15.0 Å². The fraction of sp³-hybridized carbons (Fsp3) is 0.393. The molecule has 3 atom stereocenters. The van der Waals surface area contributed by atoms with Gasteiger partial charge < -0.3 is 29.0 Å². The molecule has 34 heavy (non-hydrogen) atoms. The maximum absolute atomic E-state index is 13.5. The van der Waals surface area contributed by atoms with Crippen molar-refractivity contribution < 1.29 is 33.7 Å². The Morgan fingerprint density at radius 1 is 1.09 bits per heavy atom. The number of nitrogens with zero attached hydrogens (tertiary/aromatic N) is 2. The molecule has 2 aliphatic rings. The normalized spacial score (nSPS) is 20.8. The summed E-state index contributed by atoms with van der Waals surface area (Å²) in [4.78, 5) is 26.7. The number of likely N-dealkylation sites (N-methyl/N-ethyl adjacent to an activating group) is 1. The Kier molecular flexibility index (Phi) is 7.10. The van der Waals surface area contributed by atoms with Crippen molar-refractivity contribution in [2.75, 3.05) is 6.54 Å². The molecule has 2 N–H and O–H groups in total. The SMILES string of the molecule is CC[NH+](C(=O)c1ccc(C(C)(C)C)cc1)C1CCC2CC(c3ncnc4[nH]ccc34)=CC=C21.[I-]. The monoisotopic (exact) mass is 568 g/mol. The van der Waals surface area contributed by atoms with Crippen LogP contribution in [0.15, 0.2) is 60.6 Å². The van der Waals surface area contributed by atoms with E-state index in [1.54, 1.807) is 6.33 Å². The van der Waals surface area contributed by atoms with Crippen LogP contribution in [-0.2, 0) is 5.41 Å². The number of hydrogen-bond donors (Lipinski definition) is 2. The standard InChI is InChI=1S/C28H32N4O.HI/c1-5-32(27(33)18-6-10-21(11-7-18)28(2,3)4)24-13-9-19-16-20(8-12-22(19)24)25-23-14-15-29-26(23)31-17-30-25;/h6-8,10-12,14-15,17,19,24H,5,9,13,16H2,1-4H3,(H,29,30,31);1H. The van der Waals surface area contributed by atoms with Crippen LogP contribution in [0.4, 0.5) is 0 Å². The van der Waals surface area contributed by atoms with Gasteiger partial charge in [0.2, 0.25) is 0 Å². The molecule has 2 aromatic heterocycles. The third kappa shape index (κ3) is 4.50. The zero-order valence-corrected chi connectivity index (χ0v) is 22.5. The van der Waals surface area contributed by atoms with Crippen LogP contribution in [0, 0.1) is 5.92 Å². The molecule has 0 aliphatic heterocycles. The van der Waals surface area contributed by atoms with Crippen molar-refractivity contribution in [2.45, 2.75) is 58.4 Å². The van der Waals surface area contributed by atoms with E-state index in [4.69, 9.17) is 0 Å². The van der Waals surface area contributed by atoms with E-state index < -0.39 is 0 Å². The van der Waals surface area contributed by atoms with E-state index in [0.29, 0.717) is 5.92 Å². The Morgan fingerprint density at radius 2 is 1.85 bits per heavy atom. The second kappa shape index (κ2) is 9.74. The molecule has 0 spiro atoms. The summed E-state index contributed by atoms with van der Waals surface area (Å²) in [6.45, 7) is 9.52. The van der Waals surface area contributed by atoms with Crippen LogP contribution in [0.25, 0.3) is 16.6 Å². The summed E-state index contributed by atoms with van der Waals surface area (Å²) in [6, 6.07) is 10.5. The number of aromatic nitrogens is 3. The summed E-state index contributed by atoms with van der Waals surface area (Å²) in [5.41, 5.74) is 6.75. The van der Waals surface area contributed by atoms with Crippen LogP contribution < -0.4 is 28.9 Å². The molecule has 1 amide bonds. The number of allylic oxidation sites excluding steroid dienone is 3. The summed E-state index contributed by atoms with van der Waals surface area (Å²) in [6.07, 6.45) is 11.2. The van der Waals surface area contributed by atoms with Gasteiger partial charge >= 0.3 is 5.91 Å². The van der Waals surface area contributed by atoms with E-state index in [-0.39, 0.29) is 41.3 Å². The molecule has 0 saturated heterocycles. The highest BCUT2D eigenvalue weighted by molar-refractivity contribution is 5.89. The number of rotatable bonds is 4. The largest absolute Gasteiger partial charge is 1.00 e. The van der Waals surface area contributed by atoms with Crippen LogP contribution in [0.3, 0.4) is 0 Å². The van der Waals surface area contributed by atoms with E-state index >= 15 is 0 Å². The number of fused-ring (bicyclic) bond motifs is 2. The van der Waals surface area contributed by atoms with E-state index in [1.807, 2.05) is 18.3 Å². The highest BCUT2D eigenvalue weighted by Crippen LogP contribution is 2.41. The number of halogens is 1. The van der Waals surface area contributed by atoms with Gasteiger partial charge in [-0.25, -0.2) is 14.8 Å². The minimum absolute atomic E-state index is 0. The molecule has 6 heteroatoms. The van der Waals surface area contributed by atoms with Gasteiger partial charge in [0.05, 0.1) is 17.8 Å². The van der Waals surface area contributed by atoms with Gasteiger partial charge in [-0.1, -0.05) is 45.1 Å². The second-order valence-electron chi connectivity index (χ2n) is 10.4. The molecule has 0 bridgehead atoms. The topological polar surface area (TPSA) is 63.1 Å². The third-order valence-corrected chi connectivity index (χ3v) is 7.39. The van der Waals surface area contributed by atoms with Crippen molar-refractivity contribution in [3.63, 3.8) is 0 Å². The Labute approximate surface area is 218 Å². The van der Waals surface area contributed by atoms with Crippen molar-refractivity contribution in [1.29, 1.82) is 0 Å². The lowest BCUT2D eigenvalue weighted by molar-refractivity contribution is -0.833. The zero-order chi connectivity index (χ0) is 23.2. The van der Waals surface area contributed by atoms with Crippen LogP contribution in [-0.4, -0.2) is 33.4 Å². The first-order valence-corrected chi connectivity index (χ1v) is 12.1. The van der Waals surface area contributed by atoms with E-state index in [2.05, 4.69) is 73.0 Å². The third-order valence-electron chi connectivity index (χ3n) is 7.39. The molecule has 5 nitrogen and oxygen atoms in total. The number of aromatic amines is 1. The Morgan fingerprint density at radius 3 is 2.56 bits per heavy atom. The van der Waals surface area contributed by atoms with Gasteiger partial charge in [-0.15, -0.1) is 0 Å². The fourth-order valence-electron chi connectivity index (χ4n) is 5.54.